The van der Waals surface area contributed by atoms with Crippen molar-refractivity contribution in [3.8, 4) is 0 Å². The third-order valence-corrected chi connectivity index (χ3v) is 5.56. The molecule has 0 aliphatic carbocycles. The molecular weight excluding hydrogens is 294 g/mol. The summed E-state index contributed by atoms with van der Waals surface area (Å²) in [7, 11) is 0. The molecule has 1 aromatic carbocycles. The van der Waals surface area contributed by atoms with Crippen LogP contribution in [-0.4, -0.2) is 53.8 Å². The lowest BCUT2D eigenvalue weighted by Gasteiger charge is -2.49. The van der Waals surface area contributed by atoms with E-state index in [-0.39, 0.29) is 6.03 Å². The highest BCUT2D eigenvalue weighted by Crippen LogP contribution is 2.25. The van der Waals surface area contributed by atoms with Gasteiger partial charge in [-0.25, -0.2) is 4.79 Å². The van der Waals surface area contributed by atoms with Crippen LogP contribution in [0.4, 0.5) is 10.5 Å². The molecule has 0 aromatic heterocycles. The number of hydrogen-bond acceptors (Lipinski definition) is 3. The highest BCUT2D eigenvalue weighted by molar-refractivity contribution is 7.98. The van der Waals surface area contributed by atoms with E-state index in [1.54, 1.807) is 11.8 Å². The lowest BCUT2D eigenvalue weighted by molar-refractivity contribution is 0.0199. The van der Waals surface area contributed by atoms with Crippen LogP contribution in [0.5, 0.6) is 0 Å². The zero-order valence-corrected chi connectivity index (χ0v) is 14.2. The molecule has 3 rings (SSSR count). The number of amides is 2. The number of benzene rings is 1. The van der Waals surface area contributed by atoms with Gasteiger partial charge in [0.05, 0.1) is 0 Å². The fourth-order valence-electron chi connectivity index (χ4n) is 3.37. The Balaban J connectivity index is 1.48. The Morgan fingerprint density at radius 3 is 2.59 bits per heavy atom. The Labute approximate surface area is 137 Å². The van der Waals surface area contributed by atoms with E-state index >= 15 is 0 Å². The first kappa shape index (κ1) is 15.7. The van der Waals surface area contributed by atoms with Gasteiger partial charge in [-0.05, 0) is 56.8 Å². The molecular formula is C17H25N3OS. The fourth-order valence-corrected chi connectivity index (χ4v) is 3.78. The van der Waals surface area contributed by atoms with Crippen LogP contribution >= 0.6 is 11.8 Å². The summed E-state index contributed by atoms with van der Waals surface area (Å²) in [6.45, 7) is 5.23. The highest BCUT2D eigenvalue weighted by Gasteiger charge is 2.37. The first-order valence-corrected chi connectivity index (χ1v) is 9.35. The zero-order valence-electron chi connectivity index (χ0n) is 13.4. The molecule has 1 N–H and O–H groups in total. The second kappa shape index (κ2) is 6.92. The molecule has 2 heterocycles. The van der Waals surface area contributed by atoms with Crippen molar-refractivity contribution in [1.82, 2.24) is 9.80 Å². The summed E-state index contributed by atoms with van der Waals surface area (Å²) in [5.74, 6) is 0. The predicted octanol–water partition coefficient (Wildman–Crippen LogP) is 3.50. The molecule has 1 atom stereocenters. The molecule has 2 aliphatic heterocycles. The van der Waals surface area contributed by atoms with E-state index in [0.29, 0.717) is 12.1 Å². The Bertz CT molecular complexity index is 513. The van der Waals surface area contributed by atoms with Gasteiger partial charge in [-0.2, -0.15) is 0 Å². The molecule has 4 nitrogen and oxygen atoms in total. The van der Waals surface area contributed by atoms with Crippen LogP contribution in [-0.2, 0) is 0 Å². The topological polar surface area (TPSA) is 35.6 Å². The number of nitrogens with one attached hydrogen (secondary N) is 1. The van der Waals surface area contributed by atoms with Gasteiger partial charge in [-0.1, -0.05) is 6.42 Å². The minimum absolute atomic E-state index is 0.0258. The van der Waals surface area contributed by atoms with E-state index in [9.17, 15) is 4.79 Å². The fraction of sp³-hybridized carbons (Fsp3) is 0.588. The Hall–Kier alpha value is -1.20. The average Bonchev–Trinajstić information content (AvgIpc) is 2.48. The van der Waals surface area contributed by atoms with Gasteiger partial charge < -0.3 is 10.2 Å². The summed E-state index contributed by atoms with van der Waals surface area (Å²) >= 11 is 1.71. The van der Waals surface area contributed by atoms with Crippen molar-refractivity contribution in [2.24, 2.45) is 0 Å². The molecule has 22 heavy (non-hydrogen) atoms. The van der Waals surface area contributed by atoms with E-state index in [2.05, 4.69) is 23.4 Å². The van der Waals surface area contributed by atoms with Crippen molar-refractivity contribution in [3.63, 3.8) is 0 Å². The monoisotopic (exact) mass is 319 g/mol. The summed E-state index contributed by atoms with van der Waals surface area (Å²) < 4.78 is 0. The summed E-state index contributed by atoms with van der Waals surface area (Å²) in [6.07, 6.45) is 6.00. The SMILES string of the molecule is CSc1ccc(NC(=O)N2CC(N3CCCC[C@H]3C)C2)cc1. The molecule has 5 heteroatoms. The van der Waals surface area contributed by atoms with E-state index in [1.165, 1.54) is 30.7 Å². The largest absolute Gasteiger partial charge is 0.321 e. The number of nitrogens with zero attached hydrogens (tertiary/aromatic N) is 2. The maximum atomic E-state index is 12.3. The second-order valence-electron chi connectivity index (χ2n) is 6.30. The van der Waals surface area contributed by atoms with Crippen molar-refractivity contribution < 1.29 is 4.79 Å². The Morgan fingerprint density at radius 1 is 1.23 bits per heavy atom. The quantitative estimate of drug-likeness (QED) is 0.866. The molecule has 2 saturated heterocycles. The van der Waals surface area contributed by atoms with Gasteiger partial charge in [0.25, 0.3) is 0 Å². The number of hydrogen-bond donors (Lipinski definition) is 1. The number of rotatable bonds is 3. The molecule has 1 aromatic rings. The van der Waals surface area contributed by atoms with Crippen molar-refractivity contribution in [2.45, 2.75) is 43.2 Å². The van der Waals surface area contributed by atoms with Gasteiger partial charge in [0.1, 0.15) is 0 Å². The van der Waals surface area contributed by atoms with Gasteiger partial charge in [-0.3, -0.25) is 4.90 Å². The van der Waals surface area contributed by atoms with Crippen LogP contribution in [0.2, 0.25) is 0 Å². The van der Waals surface area contributed by atoms with Gasteiger partial charge in [-0.15, -0.1) is 11.8 Å². The molecule has 120 valence electrons. The lowest BCUT2D eigenvalue weighted by atomic mass is 9.98. The molecule has 2 fully saturated rings. The van der Waals surface area contributed by atoms with Crippen molar-refractivity contribution in [3.05, 3.63) is 24.3 Å². The molecule has 0 bridgehead atoms. The van der Waals surface area contributed by atoms with Crippen LogP contribution in [0.15, 0.2) is 29.2 Å². The zero-order chi connectivity index (χ0) is 15.5. The predicted molar refractivity (Wildman–Crippen MR) is 92.6 cm³/mol. The molecule has 0 unspecified atom stereocenters. The normalized spacial score (nSPS) is 23.2. The van der Waals surface area contributed by atoms with Crippen molar-refractivity contribution >= 4 is 23.5 Å². The smallest absolute Gasteiger partial charge is 0.321 e. The summed E-state index contributed by atoms with van der Waals surface area (Å²) in [6, 6.07) is 9.26. The number of urea groups is 1. The molecule has 0 saturated carbocycles. The number of carbonyl (C=O) groups excluding carboxylic acids is 1. The van der Waals surface area contributed by atoms with Crippen LogP contribution in [0.1, 0.15) is 26.2 Å². The first-order valence-electron chi connectivity index (χ1n) is 8.13. The van der Waals surface area contributed by atoms with Crippen LogP contribution < -0.4 is 5.32 Å². The minimum Gasteiger partial charge on any atom is -0.321 e. The van der Waals surface area contributed by atoms with Crippen molar-refractivity contribution in [1.29, 1.82) is 0 Å². The minimum atomic E-state index is 0.0258. The van der Waals surface area contributed by atoms with Gasteiger partial charge in [0.2, 0.25) is 0 Å². The molecule has 2 aliphatic rings. The number of likely N-dealkylation sites (tertiary alicyclic amines) is 2. The number of thioether (sulfide) groups is 1. The third kappa shape index (κ3) is 3.41. The van der Waals surface area contributed by atoms with Gasteiger partial charge in [0.15, 0.2) is 0 Å². The molecule has 0 spiro atoms. The van der Waals surface area contributed by atoms with E-state index < -0.39 is 0 Å². The Morgan fingerprint density at radius 2 is 1.95 bits per heavy atom. The lowest BCUT2D eigenvalue weighted by Crippen LogP contribution is -2.64. The number of carbonyl (C=O) groups is 1. The molecule has 0 radical (unpaired) electrons. The second-order valence-corrected chi connectivity index (χ2v) is 7.18. The van der Waals surface area contributed by atoms with Gasteiger partial charge >= 0.3 is 6.03 Å². The van der Waals surface area contributed by atoms with E-state index in [0.717, 1.165) is 18.8 Å². The van der Waals surface area contributed by atoms with Crippen LogP contribution in [0.3, 0.4) is 0 Å². The summed E-state index contributed by atoms with van der Waals surface area (Å²) in [5, 5.41) is 2.99. The maximum absolute atomic E-state index is 12.3. The number of anilines is 1. The maximum Gasteiger partial charge on any atom is 0.321 e. The van der Waals surface area contributed by atoms with E-state index in [4.69, 9.17) is 0 Å². The van der Waals surface area contributed by atoms with Crippen molar-refractivity contribution in [2.75, 3.05) is 31.2 Å². The summed E-state index contributed by atoms with van der Waals surface area (Å²) in [5.41, 5.74) is 0.873. The molecule has 2 amide bonds. The standard InChI is InChI=1S/C17H25N3OS/c1-13-5-3-4-10-20(13)15-11-19(12-15)17(21)18-14-6-8-16(22-2)9-7-14/h6-9,13,15H,3-5,10-12H2,1-2H3,(H,18,21)/t13-/m1/s1. The van der Waals surface area contributed by atoms with Crippen LogP contribution in [0.25, 0.3) is 0 Å². The van der Waals surface area contributed by atoms with Crippen LogP contribution in [0, 0.1) is 0 Å². The highest BCUT2D eigenvalue weighted by atomic mass is 32.2. The first-order chi connectivity index (χ1) is 10.7. The van der Waals surface area contributed by atoms with E-state index in [1.807, 2.05) is 29.2 Å². The third-order valence-electron chi connectivity index (χ3n) is 4.81. The Kier molecular flexibility index (Phi) is 4.93. The average molecular weight is 319 g/mol. The number of piperidine rings is 1. The summed E-state index contributed by atoms with van der Waals surface area (Å²) in [4.78, 5) is 18.0. The van der Waals surface area contributed by atoms with Gasteiger partial charge in [0, 0.05) is 35.8 Å².